The summed E-state index contributed by atoms with van der Waals surface area (Å²) < 4.78 is 5.42. The van der Waals surface area contributed by atoms with E-state index in [9.17, 15) is 0 Å². The Morgan fingerprint density at radius 1 is 1.22 bits per heavy atom. The molecule has 1 atom stereocenters. The lowest BCUT2D eigenvalue weighted by atomic mass is 10.2. The van der Waals surface area contributed by atoms with Gasteiger partial charge in [-0.15, -0.1) is 0 Å². The van der Waals surface area contributed by atoms with Crippen molar-refractivity contribution >= 4 is 5.69 Å². The van der Waals surface area contributed by atoms with Gasteiger partial charge in [0.05, 0.1) is 12.8 Å². The van der Waals surface area contributed by atoms with E-state index in [1.165, 1.54) is 5.69 Å². The number of piperazine rings is 1. The van der Waals surface area contributed by atoms with E-state index in [1.54, 1.807) is 7.11 Å². The van der Waals surface area contributed by atoms with E-state index in [1.807, 2.05) is 12.1 Å². The van der Waals surface area contributed by atoms with Crippen LogP contribution in [0.15, 0.2) is 24.3 Å². The summed E-state index contributed by atoms with van der Waals surface area (Å²) in [6.45, 7) is 7.12. The first-order chi connectivity index (χ1) is 8.76. The van der Waals surface area contributed by atoms with Crippen LogP contribution >= 0.6 is 0 Å². The molecule has 1 aliphatic rings. The fourth-order valence-corrected chi connectivity index (χ4v) is 2.44. The second-order valence-electron chi connectivity index (χ2n) is 4.78. The van der Waals surface area contributed by atoms with Crippen molar-refractivity contribution in [3.8, 4) is 5.75 Å². The Labute approximate surface area is 109 Å². The maximum Gasteiger partial charge on any atom is 0.142 e. The number of hydrogen-bond donors (Lipinski definition) is 1. The van der Waals surface area contributed by atoms with E-state index in [0.717, 1.165) is 38.5 Å². The van der Waals surface area contributed by atoms with Gasteiger partial charge in [-0.3, -0.25) is 4.90 Å². The van der Waals surface area contributed by atoms with Crippen LogP contribution in [0.2, 0.25) is 0 Å². The average molecular weight is 249 g/mol. The average Bonchev–Trinajstić information content (AvgIpc) is 2.46. The Bertz CT molecular complexity index is 375. The molecule has 0 spiro atoms. The van der Waals surface area contributed by atoms with Crippen molar-refractivity contribution in [2.45, 2.75) is 13.0 Å². The summed E-state index contributed by atoms with van der Waals surface area (Å²) in [6, 6.07) is 8.69. The molecule has 1 fully saturated rings. The minimum atomic E-state index is 0.477. The Balaban J connectivity index is 2.01. The molecule has 1 aliphatic heterocycles. The van der Waals surface area contributed by atoms with Crippen LogP contribution in [0.3, 0.4) is 0 Å². The van der Waals surface area contributed by atoms with Crippen molar-refractivity contribution in [2.24, 2.45) is 5.73 Å². The highest BCUT2D eigenvalue weighted by Gasteiger charge is 2.21. The summed E-state index contributed by atoms with van der Waals surface area (Å²) in [5.41, 5.74) is 6.91. The largest absolute Gasteiger partial charge is 0.495 e. The zero-order valence-electron chi connectivity index (χ0n) is 11.3. The number of rotatable bonds is 4. The zero-order valence-corrected chi connectivity index (χ0v) is 11.3. The fourth-order valence-electron chi connectivity index (χ4n) is 2.44. The molecule has 4 nitrogen and oxygen atoms in total. The van der Waals surface area contributed by atoms with Gasteiger partial charge in [-0.1, -0.05) is 12.1 Å². The van der Waals surface area contributed by atoms with Crippen LogP contribution in [0.1, 0.15) is 6.92 Å². The summed E-state index contributed by atoms with van der Waals surface area (Å²) in [5, 5.41) is 0. The third kappa shape index (κ3) is 2.76. The van der Waals surface area contributed by atoms with Crippen LogP contribution in [0.25, 0.3) is 0 Å². The molecule has 4 heteroatoms. The van der Waals surface area contributed by atoms with Crippen LogP contribution < -0.4 is 15.4 Å². The minimum absolute atomic E-state index is 0.477. The van der Waals surface area contributed by atoms with Crippen molar-refractivity contribution in [3.63, 3.8) is 0 Å². The van der Waals surface area contributed by atoms with Crippen molar-refractivity contribution in [1.29, 1.82) is 0 Å². The molecule has 0 aromatic heterocycles. The van der Waals surface area contributed by atoms with E-state index in [2.05, 4.69) is 28.9 Å². The number of anilines is 1. The molecule has 2 N–H and O–H groups in total. The van der Waals surface area contributed by atoms with Crippen LogP contribution in [0, 0.1) is 0 Å². The molecule has 0 radical (unpaired) electrons. The lowest BCUT2D eigenvalue weighted by molar-refractivity contribution is 0.201. The summed E-state index contributed by atoms with van der Waals surface area (Å²) in [7, 11) is 1.73. The van der Waals surface area contributed by atoms with Gasteiger partial charge in [-0.25, -0.2) is 0 Å². The third-order valence-corrected chi connectivity index (χ3v) is 3.70. The molecule has 1 heterocycles. The maximum absolute atomic E-state index is 5.72. The molecule has 0 saturated carbocycles. The van der Waals surface area contributed by atoms with Gasteiger partial charge in [0.2, 0.25) is 0 Å². The highest BCUT2D eigenvalue weighted by molar-refractivity contribution is 5.58. The Morgan fingerprint density at radius 3 is 2.50 bits per heavy atom. The molecule has 1 saturated heterocycles. The Kier molecular flexibility index (Phi) is 4.44. The quantitative estimate of drug-likeness (QED) is 0.869. The second kappa shape index (κ2) is 6.07. The van der Waals surface area contributed by atoms with Gasteiger partial charge in [-0.05, 0) is 19.1 Å². The molecule has 100 valence electrons. The summed E-state index contributed by atoms with van der Waals surface area (Å²) >= 11 is 0. The van der Waals surface area contributed by atoms with Crippen LogP contribution in [0.4, 0.5) is 5.69 Å². The molecule has 0 bridgehead atoms. The van der Waals surface area contributed by atoms with E-state index >= 15 is 0 Å². The third-order valence-electron chi connectivity index (χ3n) is 3.70. The predicted molar refractivity (Wildman–Crippen MR) is 75.3 cm³/mol. The normalized spacial score (nSPS) is 18.7. The van der Waals surface area contributed by atoms with Crippen molar-refractivity contribution in [1.82, 2.24) is 4.90 Å². The fraction of sp³-hybridized carbons (Fsp3) is 0.571. The SMILES string of the molecule is COc1ccccc1N1CCN([C@@H](C)CN)CC1. The highest BCUT2D eigenvalue weighted by atomic mass is 16.5. The number of benzene rings is 1. The van der Waals surface area contributed by atoms with Crippen LogP contribution in [0.5, 0.6) is 5.75 Å². The first-order valence-corrected chi connectivity index (χ1v) is 6.58. The lowest BCUT2D eigenvalue weighted by Gasteiger charge is -2.39. The van der Waals surface area contributed by atoms with Gasteiger partial charge in [-0.2, -0.15) is 0 Å². The molecule has 2 rings (SSSR count). The number of para-hydroxylation sites is 2. The van der Waals surface area contributed by atoms with Gasteiger partial charge in [0.25, 0.3) is 0 Å². The number of nitrogens with two attached hydrogens (primary N) is 1. The summed E-state index contributed by atoms with van der Waals surface area (Å²) in [6.07, 6.45) is 0. The maximum atomic E-state index is 5.72. The monoisotopic (exact) mass is 249 g/mol. The zero-order chi connectivity index (χ0) is 13.0. The smallest absolute Gasteiger partial charge is 0.142 e. The molecule has 18 heavy (non-hydrogen) atoms. The van der Waals surface area contributed by atoms with Crippen molar-refractivity contribution in [2.75, 3.05) is 44.7 Å². The number of methoxy groups -OCH3 is 1. The highest BCUT2D eigenvalue weighted by Crippen LogP contribution is 2.28. The molecule has 0 amide bonds. The first-order valence-electron chi connectivity index (χ1n) is 6.58. The molecule has 0 unspecified atom stereocenters. The van der Waals surface area contributed by atoms with Gasteiger partial charge < -0.3 is 15.4 Å². The van der Waals surface area contributed by atoms with Gasteiger partial charge in [0.15, 0.2) is 0 Å². The van der Waals surface area contributed by atoms with Crippen molar-refractivity contribution in [3.05, 3.63) is 24.3 Å². The molecular formula is C14H23N3O. The lowest BCUT2D eigenvalue weighted by Crippen LogP contribution is -2.51. The van der Waals surface area contributed by atoms with E-state index in [4.69, 9.17) is 10.5 Å². The molecule has 1 aromatic rings. The molecule has 1 aromatic carbocycles. The minimum Gasteiger partial charge on any atom is -0.495 e. The Morgan fingerprint density at radius 2 is 1.89 bits per heavy atom. The number of nitrogens with zero attached hydrogens (tertiary/aromatic N) is 2. The predicted octanol–water partition coefficient (Wildman–Crippen LogP) is 1.16. The first kappa shape index (κ1) is 13.2. The van der Waals surface area contributed by atoms with E-state index < -0.39 is 0 Å². The molecule has 0 aliphatic carbocycles. The van der Waals surface area contributed by atoms with E-state index in [-0.39, 0.29) is 0 Å². The van der Waals surface area contributed by atoms with Crippen LogP contribution in [-0.2, 0) is 0 Å². The second-order valence-corrected chi connectivity index (χ2v) is 4.78. The number of hydrogen-bond acceptors (Lipinski definition) is 4. The van der Waals surface area contributed by atoms with Gasteiger partial charge in [0, 0.05) is 38.8 Å². The van der Waals surface area contributed by atoms with Gasteiger partial charge >= 0.3 is 0 Å². The standard InChI is InChI=1S/C14H23N3O/c1-12(11-15)16-7-9-17(10-8-16)13-5-3-4-6-14(13)18-2/h3-6,12H,7-11,15H2,1-2H3/t12-/m0/s1. The summed E-state index contributed by atoms with van der Waals surface area (Å²) in [5.74, 6) is 0.956. The topological polar surface area (TPSA) is 41.7 Å². The van der Waals surface area contributed by atoms with Gasteiger partial charge in [0.1, 0.15) is 5.75 Å². The molecular weight excluding hydrogens is 226 g/mol. The Hall–Kier alpha value is -1.26. The summed E-state index contributed by atoms with van der Waals surface area (Å²) in [4.78, 5) is 4.84. The van der Waals surface area contributed by atoms with Crippen molar-refractivity contribution < 1.29 is 4.74 Å². The van der Waals surface area contributed by atoms with E-state index in [0.29, 0.717) is 6.04 Å². The number of ether oxygens (including phenoxy) is 1. The van der Waals surface area contributed by atoms with Crippen LogP contribution in [-0.4, -0.2) is 50.8 Å².